The molecule has 0 atom stereocenters. The number of aryl methyl sites for hydroxylation is 1. The summed E-state index contributed by atoms with van der Waals surface area (Å²) in [6, 6.07) is 8.01. The number of sulfonamides is 1. The van der Waals surface area contributed by atoms with Crippen molar-refractivity contribution in [3.8, 4) is 0 Å². The number of nitrogens with one attached hydrogen (secondary N) is 1. The number of halogens is 2. The van der Waals surface area contributed by atoms with Gasteiger partial charge >= 0.3 is 0 Å². The SMILES string of the molecule is CN(NS(=O)(=O)c1ccccc1)c1c(Cl)c(Cl)nn1C. The number of hydrogen-bond donors (Lipinski definition) is 1. The van der Waals surface area contributed by atoms with Crippen molar-refractivity contribution in [2.45, 2.75) is 4.90 Å². The highest BCUT2D eigenvalue weighted by Crippen LogP contribution is 2.30. The Morgan fingerprint density at radius 2 is 1.85 bits per heavy atom. The lowest BCUT2D eigenvalue weighted by Gasteiger charge is -2.20. The molecule has 6 nitrogen and oxygen atoms in total. The molecule has 0 aliphatic heterocycles. The highest BCUT2D eigenvalue weighted by Gasteiger charge is 2.21. The fraction of sp³-hybridized carbons (Fsp3) is 0.182. The lowest BCUT2D eigenvalue weighted by atomic mass is 10.4. The summed E-state index contributed by atoms with van der Waals surface area (Å²) in [6.45, 7) is 0. The van der Waals surface area contributed by atoms with Gasteiger partial charge in [0.05, 0.1) is 4.90 Å². The van der Waals surface area contributed by atoms with E-state index in [1.54, 1.807) is 25.2 Å². The normalized spacial score (nSPS) is 11.6. The second kappa shape index (κ2) is 5.61. The summed E-state index contributed by atoms with van der Waals surface area (Å²) in [5.74, 6) is 0.344. The van der Waals surface area contributed by atoms with Crippen LogP contribution in [0.15, 0.2) is 35.2 Å². The van der Waals surface area contributed by atoms with Crippen molar-refractivity contribution < 1.29 is 8.42 Å². The van der Waals surface area contributed by atoms with Crippen LogP contribution < -0.4 is 9.84 Å². The Morgan fingerprint density at radius 3 is 2.35 bits per heavy atom. The molecular weight excluding hydrogens is 323 g/mol. The summed E-state index contributed by atoms with van der Waals surface area (Å²) in [5, 5.41) is 5.44. The van der Waals surface area contributed by atoms with E-state index in [1.165, 1.54) is 28.9 Å². The average Bonchev–Trinajstić information content (AvgIpc) is 2.63. The van der Waals surface area contributed by atoms with E-state index in [4.69, 9.17) is 23.2 Å². The van der Waals surface area contributed by atoms with Gasteiger partial charge in [-0.2, -0.15) is 5.10 Å². The smallest absolute Gasteiger partial charge is 0.257 e. The number of benzene rings is 1. The highest BCUT2D eigenvalue weighted by molar-refractivity contribution is 7.89. The Kier molecular flexibility index (Phi) is 4.24. The number of aromatic nitrogens is 2. The van der Waals surface area contributed by atoms with Gasteiger partial charge in [0.2, 0.25) is 0 Å². The monoisotopic (exact) mass is 334 g/mol. The molecule has 1 heterocycles. The van der Waals surface area contributed by atoms with Crippen molar-refractivity contribution in [1.29, 1.82) is 0 Å². The van der Waals surface area contributed by atoms with Gasteiger partial charge in [-0.1, -0.05) is 41.4 Å². The second-order valence-electron chi connectivity index (χ2n) is 4.02. The van der Waals surface area contributed by atoms with Crippen LogP contribution in [0.25, 0.3) is 0 Å². The Hall–Kier alpha value is -1.28. The molecule has 0 bridgehead atoms. The molecule has 0 aliphatic rings. The fourth-order valence-electron chi connectivity index (χ4n) is 1.70. The van der Waals surface area contributed by atoms with Gasteiger partial charge in [0.15, 0.2) is 11.0 Å². The molecule has 0 amide bonds. The largest absolute Gasteiger partial charge is 0.280 e. The van der Waals surface area contributed by atoms with Crippen molar-refractivity contribution in [2.24, 2.45) is 7.05 Å². The molecule has 0 saturated heterocycles. The van der Waals surface area contributed by atoms with Gasteiger partial charge in [0.25, 0.3) is 10.0 Å². The van der Waals surface area contributed by atoms with E-state index in [9.17, 15) is 8.42 Å². The van der Waals surface area contributed by atoms with E-state index in [0.717, 1.165) is 0 Å². The number of hydrazine groups is 1. The molecule has 0 aliphatic carbocycles. The zero-order chi connectivity index (χ0) is 14.9. The molecular formula is C11H12Cl2N4O2S. The van der Waals surface area contributed by atoms with Crippen molar-refractivity contribution in [3.05, 3.63) is 40.5 Å². The van der Waals surface area contributed by atoms with Gasteiger partial charge in [-0.3, -0.25) is 5.01 Å². The van der Waals surface area contributed by atoms with Crippen LogP contribution in [-0.4, -0.2) is 25.2 Å². The standard InChI is InChI=1S/C11H12Cl2N4O2S/c1-16-11(9(12)10(13)14-16)17(2)15-20(18,19)8-6-4-3-5-7-8/h3-7,15H,1-2H3. The molecule has 0 fully saturated rings. The third-order valence-electron chi connectivity index (χ3n) is 2.55. The van der Waals surface area contributed by atoms with E-state index in [1.807, 2.05) is 0 Å². The van der Waals surface area contributed by atoms with Gasteiger partial charge in [-0.05, 0) is 12.1 Å². The van der Waals surface area contributed by atoms with Crippen LogP contribution in [0.2, 0.25) is 10.2 Å². The maximum absolute atomic E-state index is 12.2. The molecule has 0 radical (unpaired) electrons. The van der Waals surface area contributed by atoms with Crippen molar-refractivity contribution in [1.82, 2.24) is 14.6 Å². The molecule has 9 heteroatoms. The van der Waals surface area contributed by atoms with E-state index in [2.05, 4.69) is 9.93 Å². The Bertz CT molecular complexity index is 716. The van der Waals surface area contributed by atoms with Gasteiger partial charge in [0, 0.05) is 14.1 Å². The number of anilines is 1. The predicted molar refractivity (Wildman–Crippen MR) is 78.4 cm³/mol. The quantitative estimate of drug-likeness (QED) is 0.869. The molecule has 2 aromatic rings. The minimum absolute atomic E-state index is 0.106. The molecule has 108 valence electrons. The van der Waals surface area contributed by atoms with Crippen LogP contribution in [0.3, 0.4) is 0 Å². The molecule has 0 spiro atoms. The van der Waals surface area contributed by atoms with Crippen molar-refractivity contribution >= 4 is 39.0 Å². The summed E-state index contributed by atoms with van der Waals surface area (Å²) in [4.78, 5) is 2.53. The summed E-state index contributed by atoms with van der Waals surface area (Å²) in [5.41, 5.74) is 0. The van der Waals surface area contributed by atoms with Crippen LogP contribution >= 0.6 is 23.2 Å². The molecule has 20 heavy (non-hydrogen) atoms. The Morgan fingerprint density at radius 1 is 1.25 bits per heavy atom. The highest BCUT2D eigenvalue weighted by atomic mass is 35.5. The number of rotatable bonds is 4. The summed E-state index contributed by atoms with van der Waals surface area (Å²) in [6.07, 6.45) is 0. The third-order valence-corrected chi connectivity index (χ3v) is 4.67. The molecule has 2 rings (SSSR count). The fourth-order valence-corrected chi connectivity index (χ4v) is 3.25. The van der Waals surface area contributed by atoms with Crippen molar-refractivity contribution in [3.63, 3.8) is 0 Å². The first-order valence-electron chi connectivity index (χ1n) is 5.52. The first kappa shape index (κ1) is 15.1. The summed E-state index contributed by atoms with van der Waals surface area (Å²) < 4.78 is 25.8. The Balaban J connectivity index is 2.30. The first-order chi connectivity index (χ1) is 9.33. The molecule has 1 aromatic heterocycles. The van der Waals surface area contributed by atoms with Crippen LogP contribution in [0.5, 0.6) is 0 Å². The van der Waals surface area contributed by atoms with Crippen LogP contribution in [0.1, 0.15) is 0 Å². The first-order valence-corrected chi connectivity index (χ1v) is 7.76. The van der Waals surface area contributed by atoms with E-state index in [0.29, 0.717) is 5.82 Å². The van der Waals surface area contributed by atoms with Crippen LogP contribution in [0.4, 0.5) is 5.82 Å². The van der Waals surface area contributed by atoms with Crippen LogP contribution in [0, 0.1) is 0 Å². The van der Waals surface area contributed by atoms with Gasteiger partial charge < -0.3 is 0 Å². The van der Waals surface area contributed by atoms with E-state index >= 15 is 0 Å². The predicted octanol–water partition coefficient (Wildman–Crippen LogP) is 2.06. The minimum Gasteiger partial charge on any atom is -0.280 e. The van der Waals surface area contributed by atoms with Crippen LogP contribution in [-0.2, 0) is 17.1 Å². The molecule has 1 N–H and O–H groups in total. The number of nitrogens with zero attached hydrogens (tertiary/aromatic N) is 3. The summed E-state index contributed by atoms with van der Waals surface area (Å²) in [7, 11) is -0.574. The second-order valence-corrected chi connectivity index (χ2v) is 6.42. The lowest BCUT2D eigenvalue weighted by Crippen LogP contribution is -2.40. The van der Waals surface area contributed by atoms with E-state index < -0.39 is 10.0 Å². The third kappa shape index (κ3) is 2.90. The molecule has 1 aromatic carbocycles. The summed E-state index contributed by atoms with van der Waals surface area (Å²) >= 11 is 11.8. The maximum Gasteiger partial charge on any atom is 0.257 e. The molecule has 0 unspecified atom stereocenters. The van der Waals surface area contributed by atoms with Gasteiger partial charge in [-0.25, -0.2) is 13.1 Å². The number of hydrogen-bond acceptors (Lipinski definition) is 4. The van der Waals surface area contributed by atoms with E-state index in [-0.39, 0.29) is 15.1 Å². The molecule has 0 saturated carbocycles. The Labute approximate surface area is 126 Å². The topological polar surface area (TPSA) is 67.2 Å². The lowest BCUT2D eigenvalue weighted by molar-refractivity contribution is 0.578. The minimum atomic E-state index is -3.70. The van der Waals surface area contributed by atoms with Gasteiger partial charge in [0.1, 0.15) is 5.02 Å². The zero-order valence-electron chi connectivity index (χ0n) is 10.7. The van der Waals surface area contributed by atoms with Crippen molar-refractivity contribution in [2.75, 3.05) is 12.1 Å². The zero-order valence-corrected chi connectivity index (χ0v) is 13.0. The average molecular weight is 335 g/mol. The van der Waals surface area contributed by atoms with Gasteiger partial charge in [-0.15, -0.1) is 4.83 Å². The maximum atomic E-state index is 12.2.